The smallest absolute Gasteiger partial charge is 0.186 e. The van der Waals surface area contributed by atoms with E-state index in [2.05, 4.69) is 39.0 Å². The molecule has 6 heteroatoms. The van der Waals surface area contributed by atoms with Crippen molar-refractivity contribution in [3.63, 3.8) is 0 Å². The number of piperazine rings is 1. The highest BCUT2D eigenvalue weighted by Crippen LogP contribution is 2.27. The van der Waals surface area contributed by atoms with E-state index in [1.165, 1.54) is 11.1 Å². The maximum Gasteiger partial charge on any atom is 0.186 e. The molecule has 1 fully saturated rings. The second-order valence-corrected chi connectivity index (χ2v) is 6.87. The second-order valence-electron chi connectivity index (χ2n) is 5.23. The second kappa shape index (κ2) is 6.75. The molecule has 2 aromatic rings. The van der Waals surface area contributed by atoms with Gasteiger partial charge in [-0.25, -0.2) is 4.98 Å². The van der Waals surface area contributed by atoms with Gasteiger partial charge in [0.15, 0.2) is 5.13 Å². The molecule has 0 atom stereocenters. The SMILES string of the molecule is NCc1ccc(CN2CCN(c3ncc(Cl)s3)CC2)cc1. The molecule has 0 bridgehead atoms. The molecule has 112 valence electrons. The summed E-state index contributed by atoms with van der Waals surface area (Å²) in [7, 11) is 0. The molecule has 1 aliphatic heterocycles. The Kier molecular flexibility index (Phi) is 4.75. The topological polar surface area (TPSA) is 45.4 Å². The van der Waals surface area contributed by atoms with E-state index in [0.717, 1.165) is 42.2 Å². The molecule has 1 aromatic carbocycles. The molecule has 1 aromatic heterocycles. The third kappa shape index (κ3) is 3.74. The lowest BCUT2D eigenvalue weighted by atomic mass is 10.1. The number of rotatable bonds is 4. The van der Waals surface area contributed by atoms with Gasteiger partial charge < -0.3 is 10.6 Å². The van der Waals surface area contributed by atoms with Crippen LogP contribution in [0.3, 0.4) is 0 Å². The molecule has 2 heterocycles. The summed E-state index contributed by atoms with van der Waals surface area (Å²) in [6.07, 6.45) is 1.73. The Bertz CT molecular complexity index is 576. The number of nitrogens with two attached hydrogens (primary N) is 1. The lowest BCUT2D eigenvalue weighted by Crippen LogP contribution is -2.45. The Balaban J connectivity index is 1.53. The Labute approximate surface area is 134 Å². The number of benzene rings is 1. The van der Waals surface area contributed by atoms with Crippen LogP contribution in [0.4, 0.5) is 5.13 Å². The van der Waals surface area contributed by atoms with Gasteiger partial charge in [0.2, 0.25) is 0 Å². The minimum atomic E-state index is 0.606. The minimum Gasteiger partial charge on any atom is -0.345 e. The summed E-state index contributed by atoms with van der Waals surface area (Å²) in [5.74, 6) is 0. The van der Waals surface area contributed by atoms with Crippen molar-refractivity contribution in [1.82, 2.24) is 9.88 Å². The van der Waals surface area contributed by atoms with Gasteiger partial charge in [0, 0.05) is 39.3 Å². The normalized spacial score (nSPS) is 16.4. The molecule has 0 aliphatic carbocycles. The van der Waals surface area contributed by atoms with Crippen LogP contribution in [-0.2, 0) is 13.1 Å². The zero-order valence-corrected chi connectivity index (χ0v) is 13.4. The first-order chi connectivity index (χ1) is 10.2. The summed E-state index contributed by atoms with van der Waals surface area (Å²) in [5, 5.41) is 1.03. The van der Waals surface area contributed by atoms with Crippen molar-refractivity contribution in [2.24, 2.45) is 5.73 Å². The predicted molar refractivity (Wildman–Crippen MR) is 88.9 cm³/mol. The van der Waals surface area contributed by atoms with Gasteiger partial charge in [-0.3, -0.25) is 4.90 Å². The van der Waals surface area contributed by atoms with E-state index >= 15 is 0 Å². The molecule has 0 spiro atoms. The average Bonchev–Trinajstić information content (AvgIpc) is 2.95. The van der Waals surface area contributed by atoms with E-state index in [-0.39, 0.29) is 0 Å². The summed E-state index contributed by atoms with van der Waals surface area (Å²) in [4.78, 5) is 9.14. The number of aromatic nitrogens is 1. The summed E-state index contributed by atoms with van der Waals surface area (Å²) in [6, 6.07) is 8.58. The Morgan fingerprint density at radius 1 is 1.10 bits per heavy atom. The van der Waals surface area contributed by atoms with Crippen LogP contribution < -0.4 is 10.6 Å². The Hall–Kier alpha value is -1.14. The summed E-state index contributed by atoms with van der Waals surface area (Å²) < 4.78 is 0.757. The number of halogens is 1. The fraction of sp³-hybridized carbons (Fsp3) is 0.400. The number of anilines is 1. The molecule has 1 saturated heterocycles. The van der Waals surface area contributed by atoms with E-state index < -0.39 is 0 Å². The van der Waals surface area contributed by atoms with Crippen molar-refractivity contribution in [3.05, 3.63) is 45.9 Å². The predicted octanol–water partition coefficient (Wildman–Crippen LogP) is 2.58. The van der Waals surface area contributed by atoms with Crippen LogP contribution >= 0.6 is 22.9 Å². The molecule has 0 radical (unpaired) electrons. The van der Waals surface area contributed by atoms with E-state index in [0.29, 0.717) is 6.54 Å². The lowest BCUT2D eigenvalue weighted by molar-refractivity contribution is 0.250. The van der Waals surface area contributed by atoms with Crippen molar-refractivity contribution in [1.29, 1.82) is 0 Å². The zero-order valence-electron chi connectivity index (χ0n) is 11.8. The maximum absolute atomic E-state index is 5.95. The number of nitrogens with zero attached hydrogens (tertiary/aromatic N) is 3. The quantitative estimate of drug-likeness (QED) is 0.939. The number of hydrogen-bond acceptors (Lipinski definition) is 5. The first-order valence-corrected chi connectivity index (χ1v) is 8.30. The van der Waals surface area contributed by atoms with Crippen molar-refractivity contribution in [2.45, 2.75) is 13.1 Å². The minimum absolute atomic E-state index is 0.606. The Morgan fingerprint density at radius 2 is 1.76 bits per heavy atom. The van der Waals surface area contributed by atoms with Gasteiger partial charge >= 0.3 is 0 Å². The molecule has 2 N–H and O–H groups in total. The lowest BCUT2D eigenvalue weighted by Gasteiger charge is -2.34. The maximum atomic E-state index is 5.95. The highest BCUT2D eigenvalue weighted by molar-refractivity contribution is 7.19. The summed E-state index contributed by atoms with van der Waals surface area (Å²) in [6.45, 7) is 5.72. The van der Waals surface area contributed by atoms with Crippen molar-refractivity contribution in [3.8, 4) is 0 Å². The van der Waals surface area contributed by atoms with Crippen molar-refractivity contribution >= 4 is 28.1 Å². The van der Waals surface area contributed by atoms with E-state index in [4.69, 9.17) is 17.3 Å². The van der Waals surface area contributed by atoms with Crippen LogP contribution in [0, 0.1) is 0 Å². The number of thiazole rings is 1. The summed E-state index contributed by atoms with van der Waals surface area (Å²) >= 11 is 7.50. The molecule has 0 amide bonds. The molecule has 0 saturated carbocycles. The van der Waals surface area contributed by atoms with Gasteiger partial charge in [-0.2, -0.15) is 0 Å². The van der Waals surface area contributed by atoms with Crippen LogP contribution in [0.5, 0.6) is 0 Å². The van der Waals surface area contributed by atoms with Gasteiger partial charge in [0.1, 0.15) is 4.34 Å². The van der Waals surface area contributed by atoms with Gasteiger partial charge in [0.05, 0.1) is 6.20 Å². The molecule has 0 unspecified atom stereocenters. The van der Waals surface area contributed by atoms with Crippen molar-refractivity contribution in [2.75, 3.05) is 31.1 Å². The highest BCUT2D eigenvalue weighted by atomic mass is 35.5. The van der Waals surface area contributed by atoms with E-state index in [1.807, 2.05) is 0 Å². The highest BCUT2D eigenvalue weighted by Gasteiger charge is 2.19. The van der Waals surface area contributed by atoms with Gasteiger partial charge in [-0.05, 0) is 11.1 Å². The van der Waals surface area contributed by atoms with Gasteiger partial charge in [-0.1, -0.05) is 47.2 Å². The molecule has 21 heavy (non-hydrogen) atoms. The fourth-order valence-corrected chi connectivity index (χ4v) is 3.48. The monoisotopic (exact) mass is 322 g/mol. The van der Waals surface area contributed by atoms with E-state index in [1.54, 1.807) is 17.5 Å². The van der Waals surface area contributed by atoms with Crippen LogP contribution in [0.25, 0.3) is 0 Å². The van der Waals surface area contributed by atoms with Crippen LogP contribution in [0.2, 0.25) is 4.34 Å². The third-order valence-electron chi connectivity index (χ3n) is 3.77. The fourth-order valence-electron chi connectivity index (χ4n) is 2.53. The van der Waals surface area contributed by atoms with Crippen LogP contribution in [0.1, 0.15) is 11.1 Å². The van der Waals surface area contributed by atoms with Crippen LogP contribution in [0.15, 0.2) is 30.5 Å². The van der Waals surface area contributed by atoms with Crippen LogP contribution in [-0.4, -0.2) is 36.1 Å². The first kappa shape index (κ1) is 14.8. The largest absolute Gasteiger partial charge is 0.345 e. The standard InChI is InChI=1S/C15H19ClN4S/c16-14-10-18-15(21-14)20-7-5-19(6-8-20)11-13-3-1-12(9-17)2-4-13/h1-4,10H,5-9,11,17H2. The van der Waals surface area contributed by atoms with Crippen molar-refractivity contribution < 1.29 is 0 Å². The van der Waals surface area contributed by atoms with Gasteiger partial charge in [0.25, 0.3) is 0 Å². The molecular formula is C15H19ClN4S. The average molecular weight is 323 g/mol. The molecule has 4 nitrogen and oxygen atoms in total. The van der Waals surface area contributed by atoms with E-state index in [9.17, 15) is 0 Å². The first-order valence-electron chi connectivity index (χ1n) is 7.11. The Morgan fingerprint density at radius 3 is 2.33 bits per heavy atom. The summed E-state index contributed by atoms with van der Waals surface area (Å²) in [5.41, 5.74) is 8.16. The molecule has 3 rings (SSSR count). The van der Waals surface area contributed by atoms with Gasteiger partial charge in [-0.15, -0.1) is 0 Å². The molecular weight excluding hydrogens is 304 g/mol. The third-order valence-corrected chi connectivity index (χ3v) is 4.95. The zero-order chi connectivity index (χ0) is 14.7. The number of hydrogen-bond donors (Lipinski definition) is 1. The molecule has 1 aliphatic rings.